The van der Waals surface area contributed by atoms with E-state index in [2.05, 4.69) is 31.9 Å². The predicted molar refractivity (Wildman–Crippen MR) is 84.0 cm³/mol. The van der Waals surface area contributed by atoms with Gasteiger partial charge in [0, 0.05) is 20.3 Å². The Hall–Kier alpha value is -1.66. The van der Waals surface area contributed by atoms with Gasteiger partial charge in [-0.3, -0.25) is 9.59 Å². The third kappa shape index (κ3) is 1.65. The summed E-state index contributed by atoms with van der Waals surface area (Å²) in [4.78, 5) is 25.3. The molecule has 20 heavy (non-hydrogen) atoms. The van der Waals surface area contributed by atoms with Crippen molar-refractivity contribution in [3.8, 4) is 0 Å². The summed E-state index contributed by atoms with van der Waals surface area (Å²) in [5.41, 5.74) is 13.3. The normalized spacial score (nSPS) is 13.1. The molecule has 0 saturated heterocycles. The molecule has 100 valence electrons. The number of fused-ring (bicyclic) bond motifs is 2. The standard InChI is InChI=1S/C14H8Br2N2O2/c15-5-1-3-7(17)11-9(5)13(19)12-8(18)4-2-6(16)10(12)14(11)20/h1-4H,17-18H2. The molecule has 0 fully saturated rings. The maximum absolute atomic E-state index is 12.7. The van der Waals surface area contributed by atoms with Gasteiger partial charge in [0.1, 0.15) is 0 Å². The molecule has 4 nitrogen and oxygen atoms in total. The van der Waals surface area contributed by atoms with Crippen LogP contribution in [-0.4, -0.2) is 11.6 Å². The molecule has 0 amide bonds. The highest BCUT2D eigenvalue weighted by atomic mass is 79.9. The number of anilines is 2. The van der Waals surface area contributed by atoms with Crippen molar-refractivity contribution in [1.29, 1.82) is 0 Å². The molecule has 0 atom stereocenters. The molecule has 2 aromatic carbocycles. The van der Waals surface area contributed by atoms with Gasteiger partial charge in [0.25, 0.3) is 0 Å². The topological polar surface area (TPSA) is 86.2 Å². The lowest BCUT2D eigenvalue weighted by atomic mass is 9.82. The van der Waals surface area contributed by atoms with Crippen LogP contribution < -0.4 is 11.5 Å². The number of halogens is 2. The molecule has 0 aliphatic heterocycles. The Bertz CT molecular complexity index is 671. The Morgan fingerprint density at radius 1 is 0.650 bits per heavy atom. The summed E-state index contributed by atoms with van der Waals surface area (Å²) < 4.78 is 1.06. The predicted octanol–water partition coefficient (Wildman–Crippen LogP) is 3.15. The summed E-state index contributed by atoms with van der Waals surface area (Å²) in [6.07, 6.45) is 0. The number of hydrogen-bond acceptors (Lipinski definition) is 4. The van der Waals surface area contributed by atoms with Crippen LogP contribution in [0.5, 0.6) is 0 Å². The van der Waals surface area contributed by atoms with Gasteiger partial charge in [-0.15, -0.1) is 0 Å². The Morgan fingerprint density at radius 2 is 1.00 bits per heavy atom. The van der Waals surface area contributed by atoms with Gasteiger partial charge >= 0.3 is 0 Å². The molecule has 1 aliphatic rings. The van der Waals surface area contributed by atoms with Gasteiger partial charge in [-0.2, -0.15) is 0 Å². The maximum Gasteiger partial charge on any atom is 0.197 e. The Balaban J connectivity index is 2.46. The number of rotatable bonds is 0. The Morgan fingerprint density at radius 3 is 1.35 bits per heavy atom. The van der Waals surface area contributed by atoms with E-state index in [0.29, 0.717) is 8.95 Å². The third-order valence-corrected chi connectivity index (χ3v) is 4.60. The van der Waals surface area contributed by atoms with E-state index < -0.39 is 0 Å². The Labute approximate surface area is 131 Å². The zero-order valence-electron chi connectivity index (χ0n) is 10.0. The van der Waals surface area contributed by atoms with Crippen molar-refractivity contribution in [3.63, 3.8) is 0 Å². The first kappa shape index (κ1) is 13.3. The van der Waals surface area contributed by atoms with Gasteiger partial charge in [-0.1, -0.05) is 31.9 Å². The summed E-state index contributed by atoms with van der Waals surface area (Å²) in [5.74, 6) is -0.597. The van der Waals surface area contributed by atoms with Crippen LogP contribution in [-0.2, 0) is 0 Å². The molecule has 3 rings (SSSR count). The second-order valence-electron chi connectivity index (χ2n) is 4.43. The van der Waals surface area contributed by atoms with E-state index in [1.165, 1.54) is 0 Å². The third-order valence-electron chi connectivity index (χ3n) is 3.28. The second-order valence-corrected chi connectivity index (χ2v) is 6.14. The lowest BCUT2D eigenvalue weighted by molar-refractivity contribution is 0.0979. The monoisotopic (exact) mass is 394 g/mol. The van der Waals surface area contributed by atoms with Gasteiger partial charge in [-0.05, 0) is 24.3 Å². The molecular weight excluding hydrogens is 388 g/mol. The molecule has 0 bridgehead atoms. The molecule has 6 heteroatoms. The van der Waals surface area contributed by atoms with E-state index in [-0.39, 0.29) is 45.2 Å². The van der Waals surface area contributed by atoms with Gasteiger partial charge in [0.05, 0.1) is 22.3 Å². The minimum Gasteiger partial charge on any atom is -0.398 e. The number of hydrogen-bond donors (Lipinski definition) is 2. The van der Waals surface area contributed by atoms with Crippen LogP contribution in [0.2, 0.25) is 0 Å². The van der Waals surface area contributed by atoms with Crippen molar-refractivity contribution in [1.82, 2.24) is 0 Å². The first-order chi connectivity index (χ1) is 9.43. The molecule has 0 aromatic heterocycles. The summed E-state index contributed by atoms with van der Waals surface area (Å²) >= 11 is 6.60. The zero-order valence-corrected chi connectivity index (χ0v) is 13.2. The quantitative estimate of drug-likeness (QED) is 0.572. The van der Waals surface area contributed by atoms with Crippen LogP contribution >= 0.6 is 31.9 Å². The SMILES string of the molecule is Nc1ccc(Br)c2c1C(=O)c1c(Br)ccc(N)c1C2=O. The van der Waals surface area contributed by atoms with E-state index in [4.69, 9.17) is 11.5 Å². The average Bonchev–Trinajstić information content (AvgIpc) is 2.41. The van der Waals surface area contributed by atoms with Crippen molar-refractivity contribution in [2.75, 3.05) is 11.5 Å². The highest BCUT2D eigenvalue weighted by Crippen LogP contribution is 2.39. The highest BCUT2D eigenvalue weighted by Gasteiger charge is 2.35. The minimum atomic E-state index is -0.299. The van der Waals surface area contributed by atoms with Crippen LogP contribution in [0, 0.1) is 0 Å². The molecule has 2 aromatic rings. The fraction of sp³-hybridized carbons (Fsp3) is 0. The Kier molecular flexibility index (Phi) is 2.95. The number of nitrogens with two attached hydrogens (primary N) is 2. The van der Waals surface area contributed by atoms with Gasteiger partial charge in [0.15, 0.2) is 11.6 Å². The molecule has 0 heterocycles. The number of benzene rings is 2. The van der Waals surface area contributed by atoms with Crippen molar-refractivity contribution >= 4 is 54.8 Å². The van der Waals surface area contributed by atoms with Crippen LogP contribution in [0.1, 0.15) is 31.8 Å². The maximum atomic E-state index is 12.7. The van der Waals surface area contributed by atoms with Gasteiger partial charge in [-0.25, -0.2) is 0 Å². The summed E-state index contributed by atoms with van der Waals surface area (Å²) in [6.45, 7) is 0. The van der Waals surface area contributed by atoms with Gasteiger partial charge in [0.2, 0.25) is 0 Å². The van der Waals surface area contributed by atoms with Gasteiger partial charge < -0.3 is 11.5 Å². The van der Waals surface area contributed by atoms with Crippen LogP contribution in [0.3, 0.4) is 0 Å². The lowest BCUT2D eigenvalue weighted by Crippen LogP contribution is -2.24. The molecule has 0 unspecified atom stereocenters. The van der Waals surface area contributed by atoms with Crippen molar-refractivity contribution in [2.24, 2.45) is 0 Å². The van der Waals surface area contributed by atoms with E-state index in [9.17, 15) is 9.59 Å². The van der Waals surface area contributed by atoms with Crippen LogP contribution in [0.25, 0.3) is 0 Å². The highest BCUT2D eigenvalue weighted by molar-refractivity contribution is 9.10. The lowest BCUT2D eigenvalue weighted by Gasteiger charge is -2.22. The van der Waals surface area contributed by atoms with E-state index >= 15 is 0 Å². The largest absolute Gasteiger partial charge is 0.398 e. The minimum absolute atomic E-state index is 0.225. The number of nitrogen functional groups attached to an aromatic ring is 2. The van der Waals surface area contributed by atoms with E-state index in [1.807, 2.05) is 0 Å². The van der Waals surface area contributed by atoms with Crippen molar-refractivity contribution in [3.05, 3.63) is 55.5 Å². The number of carbonyl (C=O) groups excluding carboxylic acids is 2. The molecular formula is C14H8Br2N2O2. The summed E-state index contributed by atoms with van der Waals surface area (Å²) in [6, 6.07) is 6.50. The van der Waals surface area contributed by atoms with Crippen LogP contribution in [0.15, 0.2) is 33.2 Å². The van der Waals surface area contributed by atoms with E-state index in [0.717, 1.165) is 0 Å². The molecule has 1 aliphatic carbocycles. The first-order valence-corrected chi connectivity index (χ1v) is 7.27. The van der Waals surface area contributed by atoms with Crippen molar-refractivity contribution < 1.29 is 9.59 Å². The molecule has 4 N–H and O–H groups in total. The molecule has 0 spiro atoms. The fourth-order valence-corrected chi connectivity index (χ4v) is 3.39. The first-order valence-electron chi connectivity index (χ1n) is 5.68. The van der Waals surface area contributed by atoms with Crippen LogP contribution in [0.4, 0.5) is 11.4 Å². The fourth-order valence-electron chi connectivity index (χ4n) is 2.37. The average molecular weight is 396 g/mol. The summed E-state index contributed by atoms with van der Waals surface area (Å²) in [5, 5.41) is 0. The second kappa shape index (κ2) is 4.43. The summed E-state index contributed by atoms with van der Waals surface area (Å²) in [7, 11) is 0. The smallest absolute Gasteiger partial charge is 0.197 e. The number of carbonyl (C=O) groups is 2. The molecule has 0 radical (unpaired) electrons. The zero-order chi connectivity index (χ0) is 14.6. The molecule has 0 saturated carbocycles. The van der Waals surface area contributed by atoms with Crippen molar-refractivity contribution in [2.45, 2.75) is 0 Å². The van der Waals surface area contributed by atoms with E-state index in [1.54, 1.807) is 24.3 Å². The number of ketones is 2.